The van der Waals surface area contributed by atoms with E-state index in [2.05, 4.69) is 10.3 Å². The largest absolute Gasteiger partial charge is 0.330 e. The van der Waals surface area contributed by atoms with E-state index in [0.717, 1.165) is 0 Å². The molecular formula is C10H12N3O2. The van der Waals surface area contributed by atoms with Crippen LogP contribution in [-0.2, 0) is 4.79 Å². The van der Waals surface area contributed by atoms with E-state index >= 15 is 0 Å². The van der Waals surface area contributed by atoms with Crippen LogP contribution in [0.4, 0.5) is 10.6 Å². The van der Waals surface area contributed by atoms with Gasteiger partial charge in [0.05, 0.1) is 6.54 Å². The average Bonchev–Trinajstić information content (AvgIpc) is 2.29. The van der Waals surface area contributed by atoms with Gasteiger partial charge in [0.2, 0.25) is 6.29 Å². The molecule has 79 valence electrons. The van der Waals surface area contributed by atoms with Crippen molar-refractivity contribution >= 4 is 18.1 Å². The maximum atomic E-state index is 11.5. The van der Waals surface area contributed by atoms with Gasteiger partial charge in [-0.15, -0.1) is 0 Å². The molecule has 5 nitrogen and oxygen atoms in total. The predicted octanol–water partition coefficient (Wildman–Crippen LogP) is 0.727. The molecule has 1 heterocycles. The Morgan fingerprint density at radius 3 is 2.93 bits per heavy atom. The number of hydrogen-bond acceptors (Lipinski definition) is 3. The Morgan fingerprint density at radius 2 is 2.40 bits per heavy atom. The van der Waals surface area contributed by atoms with Crippen LogP contribution in [0.3, 0.4) is 0 Å². The summed E-state index contributed by atoms with van der Waals surface area (Å²) in [5.41, 5.74) is 0. The van der Waals surface area contributed by atoms with Crippen LogP contribution in [0, 0.1) is 0 Å². The van der Waals surface area contributed by atoms with E-state index in [1.54, 1.807) is 30.7 Å². The van der Waals surface area contributed by atoms with Gasteiger partial charge in [-0.3, -0.25) is 9.69 Å². The molecule has 0 saturated carbocycles. The fraction of sp³-hybridized carbons (Fsp3) is 0.300. The van der Waals surface area contributed by atoms with Gasteiger partial charge in [0.15, 0.2) is 0 Å². The van der Waals surface area contributed by atoms with Crippen LogP contribution < -0.4 is 10.2 Å². The summed E-state index contributed by atoms with van der Waals surface area (Å²) in [4.78, 5) is 27.0. The normalized spacial score (nSPS) is 9.40. The molecule has 0 bridgehead atoms. The SMILES string of the molecule is CCN(C(=O)NC[C]=O)c1ccccn1. The number of urea groups is 1. The molecule has 1 aromatic rings. The number of carbonyl (C=O) groups excluding carboxylic acids is 2. The number of rotatable bonds is 4. The second kappa shape index (κ2) is 5.74. The van der Waals surface area contributed by atoms with E-state index in [1.807, 2.05) is 6.92 Å². The van der Waals surface area contributed by atoms with E-state index in [9.17, 15) is 9.59 Å². The van der Waals surface area contributed by atoms with Gasteiger partial charge >= 0.3 is 6.03 Å². The summed E-state index contributed by atoms with van der Waals surface area (Å²) in [6.45, 7) is 2.21. The van der Waals surface area contributed by atoms with Crippen LogP contribution in [0.1, 0.15) is 6.92 Å². The average molecular weight is 206 g/mol. The van der Waals surface area contributed by atoms with Crippen molar-refractivity contribution in [2.24, 2.45) is 0 Å². The van der Waals surface area contributed by atoms with Crippen LogP contribution in [0.5, 0.6) is 0 Å². The monoisotopic (exact) mass is 206 g/mol. The number of aromatic nitrogens is 1. The summed E-state index contributed by atoms with van der Waals surface area (Å²) in [5, 5.41) is 2.41. The number of amides is 2. The first-order valence-electron chi connectivity index (χ1n) is 4.61. The third-order valence-electron chi connectivity index (χ3n) is 1.80. The zero-order valence-corrected chi connectivity index (χ0v) is 8.43. The highest BCUT2D eigenvalue weighted by Crippen LogP contribution is 2.08. The van der Waals surface area contributed by atoms with Gasteiger partial charge in [0.25, 0.3) is 0 Å². The second-order valence-corrected chi connectivity index (χ2v) is 2.74. The molecule has 1 rings (SSSR count). The second-order valence-electron chi connectivity index (χ2n) is 2.74. The summed E-state index contributed by atoms with van der Waals surface area (Å²) in [5.74, 6) is 0.559. The first kappa shape index (κ1) is 11.2. The molecule has 0 aliphatic heterocycles. The van der Waals surface area contributed by atoms with Gasteiger partial charge in [-0.2, -0.15) is 0 Å². The van der Waals surface area contributed by atoms with Crippen molar-refractivity contribution < 1.29 is 9.59 Å². The summed E-state index contributed by atoms with van der Waals surface area (Å²) in [6, 6.07) is 4.95. The molecule has 0 saturated heterocycles. The summed E-state index contributed by atoms with van der Waals surface area (Å²) in [7, 11) is 0. The molecule has 1 aromatic heterocycles. The number of hydrogen-bond donors (Lipinski definition) is 1. The van der Waals surface area contributed by atoms with E-state index in [-0.39, 0.29) is 12.6 Å². The summed E-state index contributed by atoms with van der Waals surface area (Å²) < 4.78 is 0. The fourth-order valence-electron chi connectivity index (χ4n) is 1.13. The highest BCUT2D eigenvalue weighted by Gasteiger charge is 2.13. The molecule has 1 N–H and O–H groups in total. The molecular weight excluding hydrogens is 194 g/mol. The standard InChI is InChI=1S/C10H12N3O2/c1-2-13(10(15)12-7-8-14)9-5-3-4-6-11-9/h3-6H,2,7H2,1H3,(H,12,15). The topological polar surface area (TPSA) is 62.3 Å². The van der Waals surface area contributed by atoms with Crippen molar-refractivity contribution in [1.29, 1.82) is 0 Å². The van der Waals surface area contributed by atoms with Crippen molar-refractivity contribution in [3.05, 3.63) is 24.4 Å². The highest BCUT2D eigenvalue weighted by molar-refractivity contribution is 5.91. The summed E-state index contributed by atoms with van der Waals surface area (Å²) >= 11 is 0. The lowest BCUT2D eigenvalue weighted by Gasteiger charge is -2.19. The van der Waals surface area contributed by atoms with E-state index < -0.39 is 0 Å². The predicted molar refractivity (Wildman–Crippen MR) is 56.3 cm³/mol. The van der Waals surface area contributed by atoms with Gasteiger partial charge in [-0.25, -0.2) is 9.78 Å². The molecule has 2 amide bonds. The number of carbonyl (C=O) groups is 1. The highest BCUT2D eigenvalue weighted by atomic mass is 16.2. The van der Waals surface area contributed by atoms with Crippen LogP contribution in [-0.4, -0.2) is 30.4 Å². The minimum absolute atomic E-state index is 0.109. The number of anilines is 1. The molecule has 0 atom stereocenters. The first-order valence-corrected chi connectivity index (χ1v) is 4.61. The minimum Gasteiger partial charge on any atom is -0.330 e. The Labute approximate surface area is 88.1 Å². The Kier molecular flexibility index (Phi) is 4.28. The van der Waals surface area contributed by atoms with E-state index in [4.69, 9.17) is 0 Å². The van der Waals surface area contributed by atoms with Crippen molar-refractivity contribution in [2.75, 3.05) is 18.0 Å². The lowest BCUT2D eigenvalue weighted by Crippen LogP contribution is -2.41. The van der Waals surface area contributed by atoms with Crippen molar-refractivity contribution in [2.45, 2.75) is 6.92 Å². The smallest absolute Gasteiger partial charge is 0.323 e. The molecule has 0 aliphatic rings. The van der Waals surface area contributed by atoms with Gasteiger partial charge in [-0.05, 0) is 19.1 Å². The van der Waals surface area contributed by atoms with Crippen LogP contribution >= 0.6 is 0 Å². The maximum Gasteiger partial charge on any atom is 0.323 e. The van der Waals surface area contributed by atoms with E-state index in [0.29, 0.717) is 12.4 Å². The third-order valence-corrected chi connectivity index (χ3v) is 1.80. The lowest BCUT2D eigenvalue weighted by atomic mass is 10.4. The Balaban J connectivity index is 2.71. The third kappa shape index (κ3) is 3.05. The fourth-order valence-corrected chi connectivity index (χ4v) is 1.13. The van der Waals surface area contributed by atoms with Crippen LogP contribution in [0.2, 0.25) is 0 Å². The first-order chi connectivity index (χ1) is 7.29. The van der Waals surface area contributed by atoms with E-state index in [1.165, 1.54) is 4.90 Å². The number of nitrogens with zero attached hydrogens (tertiary/aromatic N) is 2. The number of nitrogens with one attached hydrogen (secondary N) is 1. The van der Waals surface area contributed by atoms with Crippen molar-refractivity contribution in [3.63, 3.8) is 0 Å². The molecule has 0 fully saturated rings. The molecule has 0 aliphatic carbocycles. The Bertz CT molecular complexity index is 327. The van der Waals surface area contributed by atoms with Gasteiger partial charge in [0.1, 0.15) is 5.82 Å². The molecule has 1 radical (unpaired) electrons. The minimum atomic E-state index is -0.348. The van der Waals surface area contributed by atoms with Crippen molar-refractivity contribution in [1.82, 2.24) is 10.3 Å². The molecule has 15 heavy (non-hydrogen) atoms. The van der Waals surface area contributed by atoms with Gasteiger partial charge < -0.3 is 5.32 Å². The summed E-state index contributed by atoms with van der Waals surface area (Å²) in [6.07, 6.45) is 3.21. The molecule has 0 unspecified atom stereocenters. The molecule has 0 aromatic carbocycles. The van der Waals surface area contributed by atoms with Crippen LogP contribution in [0.15, 0.2) is 24.4 Å². The Hall–Kier alpha value is -1.91. The zero-order chi connectivity index (χ0) is 11.1. The van der Waals surface area contributed by atoms with Crippen molar-refractivity contribution in [3.8, 4) is 0 Å². The van der Waals surface area contributed by atoms with Crippen LogP contribution in [0.25, 0.3) is 0 Å². The maximum absolute atomic E-state index is 11.5. The zero-order valence-electron chi connectivity index (χ0n) is 8.43. The quantitative estimate of drug-likeness (QED) is 0.789. The van der Waals surface area contributed by atoms with Gasteiger partial charge in [0, 0.05) is 12.7 Å². The van der Waals surface area contributed by atoms with Gasteiger partial charge in [-0.1, -0.05) is 6.07 Å². The lowest BCUT2D eigenvalue weighted by molar-refractivity contribution is 0.247. The Morgan fingerprint density at radius 1 is 1.60 bits per heavy atom. The number of pyridine rings is 1. The molecule has 0 spiro atoms. The molecule has 5 heteroatoms.